The molecule has 0 unspecified atom stereocenters. The van der Waals surface area contributed by atoms with E-state index in [1.54, 1.807) is 13.2 Å². The van der Waals surface area contributed by atoms with E-state index in [9.17, 15) is 4.79 Å². The largest absolute Gasteiger partial charge is 0.496 e. The van der Waals surface area contributed by atoms with E-state index in [0.29, 0.717) is 22.9 Å². The minimum Gasteiger partial charge on any atom is -0.496 e. The van der Waals surface area contributed by atoms with Gasteiger partial charge in [0.25, 0.3) is 5.91 Å². The molecule has 1 amide bonds. The number of hydrogen-bond acceptors (Lipinski definition) is 5. The maximum atomic E-state index is 11.6. The van der Waals surface area contributed by atoms with Gasteiger partial charge >= 0.3 is 0 Å². The Bertz CT molecular complexity index is 783. The molecule has 0 radical (unpaired) electrons. The molecule has 1 aromatic heterocycles. The first kappa shape index (κ1) is 16.3. The number of primary amides is 1. The van der Waals surface area contributed by atoms with Gasteiger partial charge < -0.3 is 15.4 Å². The van der Waals surface area contributed by atoms with Crippen LogP contribution in [0.1, 0.15) is 48.5 Å². The van der Waals surface area contributed by atoms with Crippen LogP contribution in [-0.4, -0.2) is 52.5 Å². The van der Waals surface area contributed by atoms with Crippen LogP contribution in [0.25, 0.3) is 11.0 Å². The van der Waals surface area contributed by atoms with Gasteiger partial charge in [0.05, 0.1) is 24.2 Å². The molecule has 2 fully saturated rings. The summed E-state index contributed by atoms with van der Waals surface area (Å²) in [6, 6.07) is 3.82. The molecule has 1 aromatic carbocycles. The highest BCUT2D eigenvalue weighted by molar-refractivity contribution is 5.99. The fraction of sp³-hybridized carbons (Fsp3) is 0.611. The summed E-state index contributed by atoms with van der Waals surface area (Å²) in [4.78, 5) is 14.2. The molecule has 1 saturated heterocycles. The number of methoxy groups -OCH3 is 1. The smallest absolute Gasteiger partial charge is 0.252 e. The highest BCUT2D eigenvalue weighted by Gasteiger charge is 2.28. The highest BCUT2D eigenvalue weighted by atomic mass is 16.5. The van der Waals surface area contributed by atoms with Crippen LogP contribution in [0.15, 0.2) is 12.1 Å². The van der Waals surface area contributed by atoms with Crippen molar-refractivity contribution in [1.29, 1.82) is 0 Å². The lowest BCUT2D eigenvalue weighted by atomic mass is 10.1. The number of ether oxygens (including phenoxy) is 1. The van der Waals surface area contributed by atoms with E-state index in [1.165, 1.54) is 38.8 Å². The van der Waals surface area contributed by atoms with Crippen molar-refractivity contribution < 1.29 is 9.53 Å². The molecular formula is C18H25N5O2. The van der Waals surface area contributed by atoms with Crippen LogP contribution in [0, 0.1) is 5.92 Å². The first-order chi connectivity index (χ1) is 12.2. The Morgan fingerprint density at radius 1 is 1.32 bits per heavy atom. The van der Waals surface area contributed by atoms with Gasteiger partial charge in [0, 0.05) is 19.2 Å². The zero-order valence-electron chi connectivity index (χ0n) is 14.6. The number of rotatable bonds is 5. The quantitative estimate of drug-likeness (QED) is 0.897. The molecule has 1 aliphatic carbocycles. The average Bonchev–Trinajstić information content (AvgIpc) is 3.37. The highest BCUT2D eigenvalue weighted by Crippen LogP contribution is 2.33. The van der Waals surface area contributed by atoms with E-state index in [1.807, 2.05) is 10.7 Å². The van der Waals surface area contributed by atoms with E-state index in [-0.39, 0.29) is 0 Å². The molecule has 0 bridgehead atoms. The Hall–Kier alpha value is -2.15. The second kappa shape index (κ2) is 6.63. The van der Waals surface area contributed by atoms with Crippen molar-refractivity contribution in [3.63, 3.8) is 0 Å². The Labute approximate surface area is 147 Å². The third-order valence-electron chi connectivity index (χ3n) is 5.35. The van der Waals surface area contributed by atoms with Crippen molar-refractivity contribution in [3.05, 3.63) is 17.7 Å². The second-order valence-electron chi connectivity index (χ2n) is 7.29. The molecule has 134 valence electrons. The van der Waals surface area contributed by atoms with Gasteiger partial charge in [-0.3, -0.25) is 4.79 Å². The van der Waals surface area contributed by atoms with Crippen molar-refractivity contribution in [2.75, 3.05) is 26.7 Å². The van der Waals surface area contributed by atoms with E-state index in [4.69, 9.17) is 10.5 Å². The summed E-state index contributed by atoms with van der Waals surface area (Å²) >= 11 is 0. The molecule has 7 nitrogen and oxygen atoms in total. The van der Waals surface area contributed by atoms with Crippen molar-refractivity contribution >= 4 is 16.9 Å². The number of carbonyl (C=O) groups excluding carboxylic acids is 1. The number of nitrogens with zero attached hydrogens (tertiary/aromatic N) is 4. The Kier molecular flexibility index (Phi) is 4.33. The Balaban J connectivity index is 1.66. The molecule has 2 N–H and O–H groups in total. The van der Waals surface area contributed by atoms with Gasteiger partial charge in [-0.15, -0.1) is 5.10 Å². The van der Waals surface area contributed by atoms with Crippen LogP contribution in [0.4, 0.5) is 0 Å². The summed E-state index contributed by atoms with van der Waals surface area (Å²) in [6.07, 6.45) is 6.29. The first-order valence-electron chi connectivity index (χ1n) is 9.11. The van der Waals surface area contributed by atoms with E-state index >= 15 is 0 Å². The molecule has 0 spiro atoms. The summed E-state index contributed by atoms with van der Waals surface area (Å²) in [5, 5.41) is 8.67. The van der Waals surface area contributed by atoms with Gasteiger partial charge in [0.15, 0.2) is 0 Å². The number of amides is 1. The third kappa shape index (κ3) is 3.33. The van der Waals surface area contributed by atoms with Crippen LogP contribution >= 0.6 is 0 Å². The van der Waals surface area contributed by atoms with Crippen molar-refractivity contribution in [2.45, 2.75) is 38.1 Å². The lowest BCUT2D eigenvalue weighted by molar-refractivity contribution is 0.0997. The maximum Gasteiger partial charge on any atom is 0.252 e. The molecule has 1 atom stereocenters. The summed E-state index contributed by atoms with van der Waals surface area (Å²) < 4.78 is 7.36. The SMILES string of the molecule is COc1cc2c(cc1C(N)=O)nnn2[C@@H]1CCCCN(CC2CC2)C1. The normalized spacial score (nSPS) is 22.0. The van der Waals surface area contributed by atoms with Crippen LogP contribution in [-0.2, 0) is 0 Å². The average molecular weight is 343 g/mol. The summed E-state index contributed by atoms with van der Waals surface area (Å²) in [5.41, 5.74) is 7.38. The zero-order chi connectivity index (χ0) is 17.4. The fourth-order valence-electron chi connectivity index (χ4n) is 3.82. The topological polar surface area (TPSA) is 86.3 Å². The predicted molar refractivity (Wildman–Crippen MR) is 94.6 cm³/mol. The Morgan fingerprint density at radius 3 is 2.88 bits per heavy atom. The molecule has 2 aliphatic rings. The number of fused-ring (bicyclic) bond motifs is 1. The molecular weight excluding hydrogens is 318 g/mol. The van der Waals surface area contributed by atoms with Gasteiger partial charge in [-0.25, -0.2) is 4.68 Å². The Morgan fingerprint density at radius 2 is 2.16 bits per heavy atom. The summed E-state index contributed by atoms with van der Waals surface area (Å²) in [6.45, 7) is 3.39. The summed E-state index contributed by atoms with van der Waals surface area (Å²) in [5.74, 6) is 0.856. The fourth-order valence-corrected chi connectivity index (χ4v) is 3.82. The van der Waals surface area contributed by atoms with E-state index < -0.39 is 5.91 Å². The van der Waals surface area contributed by atoms with Gasteiger partial charge in [0.2, 0.25) is 0 Å². The molecule has 25 heavy (non-hydrogen) atoms. The number of benzene rings is 1. The second-order valence-corrected chi connectivity index (χ2v) is 7.29. The lowest BCUT2D eigenvalue weighted by Gasteiger charge is -2.24. The molecule has 2 aromatic rings. The lowest BCUT2D eigenvalue weighted by Crippen LogP contribution is -2.32. The molecule has 1 aliphatic heterocycles. The molecule has 4 rings (SSSR count). The van der Waals surface area contributed by atoms with Crippen LogP contribution in [0.3, 0.4) is 0 Å². The zero-order valence-corrected chi connectivity index (χ0v) is 14.6. The number of likely N-dealkylation sites (tertiary alicyclic amines) is 1. The van der Waals surface area contributed by atoms with E-state index in [2.05, 4.69) is 15.2 Å². The van der Waals surface area contributed by atoms with Crippen LogP contribution in [0.5, 0.6) is 5.75 Å². The van der Waals surface area contributed by atoms with Crippen LogP contribution in [0.2, 0.25) is 0 Å². The minimum atomic E-state index is -0.515. The number of hydrogen-bond donors (Lipinski definition) is 1. The molecule has 2 heterocycles. The van der Waals surface area contributed by atoms with Gasteiger partial charge in [0.1, 0.15) is 11.3 Å². The number of aromatic nitrogens is 3. The van der Waals surface area contributed by atoms with Crippen LogP contribution < -0.4 is 10.5 Å². The van der Waals surface area contributed by atoms with Gasteiger partial charge in [-0.05, 0) is 44.2 Å². The predicted octanol–water partition coefficient (Wildman–Crippen LogP) is 1.98. The minimum absolute atomic E-state index is 0.301. The monoisotopic (exact) mass is 343 g/mol. The van der Waals surface area contributed by atoms with Gasteiger partial charge in [-0.1, -0.05) is 11.6 Å². The molecule has 1 saturated carbocycles. The standard InChI is InChI=1S/C18H25N5O2/c1-25-17-9-16-15(8-14(17)18(19)24)20-21-23(16)13-4-2-3-7-22(11-13)10-12-5-6-12/h8-9,12-13H,2-7,10-11H2,1H3,(H2,19,24)/t13-/m1/s1. The van der Waals surface area contributed by atoms with E-state index in [0.717, 1.165) is 24.4 Å². The molecule has 7 heteroatoms. The number of nitrogens with two attached hydrogens (primary N) is 1. The summed E-state index contributed by atoms with van der Waals surface area (Å²) in [7, 11) is 1.55. The van der Waals surface area contributed by atoms with Gasteiger partial charge in [-0.2, -0.15) is 0 Å². The van der Waals surface area contributed by atoms with Crippen molar-refractivity contribution in [3.8, 4) is 5.75 Å². The third-order valence-corrected chi connectivity index (χ3v) is 5.35. The van der Waals surface area contributed by atoms with Crippen molar-refractivity contribution in [1.82, 2.24) is 19.9 Å². The number of carbonyl (C=O) groups is 1. The maximum absolute atomic E-state index is 11.6. The first-order valence-corrected chi connectivity index (χ1v) is 9.11. The van der Waals surface area contributed by atoms with Crippen molar-refractivity contribution in [2.24, 2.45) is 11.7 Å².